The number of ether oxygens (including phenoxy) is 3. The second kappa shape index (κ2) is 9.09. The maximum absolute atomic E-state index is 12.7. The first kappa shape index (κ1) is 21.0. The molecule has 0 bridgehead atoms. The van der Waals surface area contributed by atoms with Crippen LogP contribution in [0.15, 0.2) is 30.3 Å². The molecule has 0 fully saturated rings. The number of benzene rings is 2. The molecule has 0 unspecified atom stereocenters. The molecule has 0 heterocycles. The first-order valence-corrected chi connectivity index (χ1v) is 8.44. The van der Waals surface area contributed by atoms with Gasteiger partial charge in [-0.3, -0.25) is 9.59 Å². The van der Waals surface area contributed by atoms with Gasteiger partial charge in [-0.15, -0.1) is 0 Å². The summed E-state index contributed by atoms with van der Waals surface area (Å²) < 4.78 is 15.1. The van der Waals surface area contributed by atoms with Crippen molar-refractivity contribution in [2.24, 2.45) is 5.73 Å². The highest BCUT2D eigenvalue weighted by Gasteiger charge is 2.18. The van der Waals surface area contributed by atoms with Gasteiger partial charge < -0.3 is 25.3 Å². The lowest BCUT2D eigenvalue weighted by Gasteiger charge is -2.14. The molecule has 0 aliphatic heterocycles. The number of nitrogens with one attached hydrogen (secondary N) is 1. The number of primary amides is 1. The third kappa shape index (κ3) is 4.72. The molecule has 0 aromatic heterocycles. The van der Waals surface area contributed by atoms with Crippen LogP contribution in [0.25, 0.3) is 0 Å². The van der Waals surface area contributed by atoms with Gasteiger partial charge in [0.2, 0.25) is 0 Å². The number of hydrogen-bond donors (Lipinski definition) is 2. The third-order valence-electron chi connectivity index (χ3n) is 3.84. The molecule has 0 aliphatic rings. The Morgan fingerprint density at radius 2 is 1.89 bits per heavy atom. The van der Waals surface area contributed by atoms with Crippen molar-refractivity contribution in [3.8, 4) is 11.5 Å². The zero-order valence-electron chi connectivity index (χ0n) is 15.5. The fraction of sp³-hybridized carbons (Fsp3) is 0.211. The van der Waals surface area contributed by atoms with Gasteiger partial charge in [0.25, 0.3) is 11.8 Å². The topological polar surface area (TPSA) is 117 Å². The summed E-state index contributed by atoms with van der Waals surface area (Å²) in [6.07, 6.45) is 0. The summed E-state index contributed by atoms with van der Waals surface area (Å²) in [4.78, 5) is 35.4. The van der Waals surface area contributed by atoms with Gasteiger partial charge in [0.05, 0.1) is 24.8 Å². The number of esters is 1. The molecule has 2 aromatic carbocycles. The van der Waals surface area contributed by atoms with Crippen LogP contribution in [0.5, 0.6) is 11.5 Å². The van der Waals surface area contributed by atoms with E-state index in [1.165, 1.54) is 26.4 Å². The molecule has 0 saturated heterocycles. The van der Waals surface area contributed by atoms with Crippen LogP contribution in [-0.4, -0.2) is 38.6 Å². The SMILES string of the molecule is COC(=O)c1cccc(NC(=O)c2cc(Cl)c(OCC(N)=O)c(OC)c2)c1C. The number of carbonyl (C=O) groups excluding carboxylic acids is 3. The quantitative estimate of drug-likeness (QED) is 0.682. The van der Waals surface area contributed by atoms with Gasteiger partial charge in [0, 0.05) is 11.3 Å². The van der Waals surface area contributed by atoms with Crippen molar-refractivity contribution in [3.05, 3.63) is 52.0 Å². The lowest BCUT2D eigenvalue weighted by Crippen LogP contribution is -2.20. The van der Waals surface area contributed by atoms with E-state index in [2.05, 4.69) is 5.32 Å². The Labute approximate surface area is 166 Å². The maximum atomic E-state index is 12.7. The summed E-state index contributed by atoms with van der Waals surface area (Å²) in [5, 5.41) is 2.79. The zero-order valence-corrected chi connectivity index (χ0v) is 16.3. The number of nitrogens with two attached hydrogens (primary N) is 1. The molecule has 9 heteroatoms. The molecule has 3 N–H and O–H groups in total. The molecule has 0 atom stereocenters. The fourth-order valence-corrected chi connectivity index (χ4v) is 2.70. The van der Waals surface area contributed by atoms with Gasteiger partial charge in [-0.25, -0.2) is 4.79 Å². The lowest BCUT2D eigenvalue weighted by molar-refractivity contribution is -0.119. The Kier molecular flexibility index (Phi) is 6.84. The van der Waals surface area contributed by atoms with Gasteiger partial charge in [0.1, 0.15) is 0 Å². The summed E-state index contributed by atoms with van der Waals surface area (Å²) in [7, 11) is 2.65. The molecule has 2 aromatic rings. The van der Waals surface area contributed by atoms with E-state index in [1.807, 2.05) is 0 Å². The molecule has 0 aliphatic carbocycles. The van der Waals surface area contributed by atoms with E-state index in [4.69, 9.17) is 31.5 Å². The van der Waals surface area contributed by atoms with E-state index in [1.54, 1.807) is 25.1 Å². The first-order valence-electron chi connectivity index (χ1n) is 8.06. The van der Waals surface area contributed by atoms with E-state index < -0.39 is 17.8 Å². The van der Waals surface area contributed by atoms with Crippen LogP contribution in [0, 0.1) is 6.92 Å². The van der Waals surface area contributed by atoms with Crippen molar-refractivity contribution in [1.82, 2.24) is 0 Å². The summed E-state index contributed by atoms with van der Waals surface area (Å²) in [6.45, 7) is 1.30. The number of amides is 2. The average molecular weight is 407 g/mol. The molecule has 0 radical (unpaired) electrons. The second-order valence-corrected chi connectivity index (χ2v) is 6.08. The fourth-order valence-electron chi connectivity index (χ4n) is 2.43. The van der Waals surface area contributed by atoms with Crippen molar-refractivity contribution in [2.45, 2.75) is 6.92 Å². The number of anilines is 1. The molecule has 0 spiro atoms. The Hall–Kier alpha value is -3.26. The van der Waals surface area contributed by atoms with Crippen LogP contribution in [0.4, 0.5) is 5.69 Å². The van der Waals surface area contributed by atoms with Crippen molar-refractivity contribution < 1.29 is 28.6 Å². The van der Waals surface area contributed by atoms with Crippen molar-refractivity contribution in [3.63, 3.8) is 0 Å². The second-order valence-electron chi connectivity index (χ2n) is 5.67. The normalized spacial score (nSPS) is 10.1. The summed E-state index contributed by atoms with van der Waals surface area (Å²) in [6, 6.07) is 7.67. The number of carbonyl (C=O) groups is 3. The van der Waals surface area contributed by atoms with Gasteiger partial charge >= 0.3 is 5.97 Å². The monoisotopic (exact) mass is 406 g/mol. The highest BCUT2D eigenvalue weighted by atomic mass is 35.5. The largest absolute Gasteiger partial charge is 0.493 e. The van der Waals surface area contributed by atoms with Gasteiger partial charge in [-0.2, -0.15) is 0 Å². The summed E-state index contributed by atoms with van der Waals surface area (Å²) in [5.74, 6) is -1.40. The summed E-state index contributed by atoms with van der Waals surface area (Å²) >= 11 is 6.16. The number of methoxy groups -OCH3 is 2. The highest BCUT2D eigenvalue weighted by Crippen LogP contribution is 2.36. The Morgan fingerprint density at radius 1 is 1.18 bits per heavy atom. The van der Waals surface area contributed by atoms with E-state index in [9.17, 15) is 14.4 Å². The number of halogens is 1. The molecular weight excluding hydrogens is 388 g/mol. The minimum atomic E-state index is -0.680. The van der Waals surface area contributed by atoms with Crippen LogP contribution in [0.3, 0.4) is 0 Å². The first-order chi connectivity index (χ1) is 13.3. The lowest BCUT2D eigenvalue weighted by atomic mass is 10.1. The molecule has 0 saturated carbocycles. The van der Waals surface area contributed by atoms with Crippen LogP contribution in [0.1, 0.15) is 26.3 Å². The molecule has 2 amide bonds. The minimum Gasteiger partial charge on any atom is -0.493 e. The zero-order chi connectivity index (χ0) is 20.8. The highest BCUT2D eigenvalue weighted by molar-refractivity contribution is 6.32. The van der Waals surface area contributed by atoms with Crippen LogP contribution in [-0.2, 0) is 9.53 Å². The van der Waals surface area contributed by atoms with Gasteiger partial charge in [-0.1, -0.05) is 17.7 Å². The third-order valence-corrected chi connectivity index (χ3v) is 4.12. The Balaban J connectivity index is 2.31. The molecule has 148 valence electrons. The van der Waals surface area contributed by atoms with Crippen molar-refractivity contribution >= 4 is 35.1 Å². The molecule has 28 heavy (non-hydrogen) atoms. The molecule has 2 rings (SSSR count). The van der Waals surface area contributed by atoms with Gasteiger partial charge in [0.15, 0.2) is 18.1 Å². The average Bonchev–Trinajstić information content (AvgIpc) is 2.67. The number of rotatable bonds is 7. The smallest absolute Gasteiger partial charge is 0.338 e. The Bertz CT molecular complexity index is 929. The van der Waals surface area contributed by atoms with E-state index in [0.29, 0.717) is 16.8 Å². The molecule has 8 nitrogen and oxygen atoms in total. The number of hydrogen-bond acceptors (Lipinski definition) is 6. The van der Waals surface area contributed by atoms with Gasteiger partial charge in [-0.05, 0) is 36.8 Å². The predicted molar refractivity (Wildman–Crippen MR) is 103 cm³/mol. The standard InChI is InChI=1S/C19H19ClN2O6/c1-10-12(19(25)27-3)5-4-6-14(10)22-18(24)11-7-13(20)17(15(8-11)26-2)28-9-16(21)23/h4-8H,9H2,1-3H3,(H2,21,23)(H,22,24). The van der Waals surface area contributed by atoms with Crippen LogP contribution in [0.2, 0.25) is 5.02 Å². The van der Waals surface area contributed by atoms with Crippen molar-refractivity contribution in [2.75, 3.05) is 26.1 Å². The van der Waals surface area contributed by atoms with Crippen molar-refractivity contribution in [1.29, 1.82) is 0 Å². The molecular formula is C19H19ClN2O6. The van der Waals surface area contributed by atoms with E-state index >= 15 is 0 Å². The van der Waals surface area contributed by atoms with E-state index in [-0.39, 0.29) is 28.7 Å². The summed E-state index contributed by atoms with van der Waals surface area (Å²) in [5.41, 5.74) is 6.59. The van der Waals surface area contributed by atoms with E-state index in [0.717, 1.165) is 0 Å². The van der Waals surface area contributed by atoms with Crippen LogP contribution < -0.4 is 20.5 Å². The van der Waals surface area contributed by atoms with Crippen LogP contribution >= 0.6 is 11.6 Å². The predicted octanol–water partition coefficient (Wildman–Crippen LogP) is 2.56. The maximum Gasteiger partial charge on any atom is 0.338 e. The minimum absolute atomic E-state index is 0.0748. The Morgan fingerprint density at radius 3 is 2.50 bits per heavy atom.